The van der Waals surface area contributed by atoms with Gasteiger partial charge < -0.3 is 32.4 Å². The van der Waals surface area contributed by atoms with Crippen LogP contribution in [0, 0.1) is 0 Å². The zero-order valence-electron chi connectivity index (χ0n) is 3.80. The quantitative estimate of drug-likeness (QED) is 0.243. The minimum atomic E-state index is -3.37. The van der Waals surface area contributed by atoms with Crippen LogP contribution in [0.5, 0.6) is 0 Å². The van der Waals surface area contributed by atoms with Crippen molar-refractivity contribution < 1.29 is 28.0 Å². The minimum Gasteiger partial charge on any atom is -0.854 e. The summed E-state index contributed by atoms with van der Waals surface area (Å²) in [7, 11) is -3.37. The molecule has 0 saturated heterocycles. The fraction of sp³-hybridized carbons (Fsp3) is 0. The summed E-state index contributed by atoms with van der Waals surface area (Å²) in [6, 6.07) is 0. The molecule has 0 bridgehead atoms. The Balaban J connectivity index is -0.0000000720. The van der Waals surface area contributed by atoms with Crippen LogP contribution < -0.4 is 14.7 Å². The van der Waals surface area contributed by atoms with Crippen molar-refractivity contribution in [3.05, 3.63) is 0 Å². The molecule has 0 heterocycles. The van der Waals surface area contributed by atoms with Crippen LogP contribution in [0.3, 0.4) is 0 Å². The van der Waals surface area contributed by atoms with E-state index in [0.717, 1.165) is 0 Å². The van der Waals surface area contributed by atoms with Crippen LogP contribution in [0.15, 0.2) is 0 Å². The normalized spacial score (nSPS) is 7.89. The third-order valence-corrected chi connectivity index (χ3v) is 0. The van der Waals surface area contributed by atoms with Gasteiger partial charge in [-0.3, -0.25) is 4.21 Å². The average Bonchev–Trinajstić information content (AvgIpc) is 1.25. The molecule has 0 atom stereocenters. The molecule has 0 aliphatic heterocycles. The molecule has 0 N–H and O–H groups in total. The van der Waals surface area contributed by atoms with E-state index >= 15 is 0 Å². The minimum absolute atomic E-state index is 0. The van der Waals surface area contributed by atoms with Crippen LogP contribution >= 0.6 is 8.60 Å². The molecule has 9 heteroatoms. The number of rotatable bonds is 0. The Kier molecular flexibility index (Phi) is 22.3. The molecule has 0 aliphatic carbocycles. The third-order valence-electron chi connectivity index (χ3n) is 0. The number of hydrogen-bond donors (Lipinski definition) is 0. The second kappa shape index (κ2) is 12.0. The van der Waals surface area contributed by atoms with E-state index in [1.807, 2.05) is 0 Å². The van der Waals surface area contributed by atoms with Gasteiger partial charge >= 0.3 is 0 Å². The molecule has 0 amide bonds. The van der Waals surface area contributed by atoms with E-state index in [9.17, 15) is 0 Å². The van der Waals surface area contributed by atoms with Crippen molar-refractivity contribution in [1.29, 1.82) is 0 Å². The molecule has 0 saturated carbocycles. The van der Waals surface area contributed by atoms with Crippen LogP contribution in [0.25, 0.3) is 0 Å². The van der Waals surface area contributed by atoms with E-state index in [-0.39, 0.29) is 27.3 Å². The van der Waals surface area contributed by atoms with Crippen molar-refractivity contribution >= 4 is 47.3 Å². The Morgan fingerprint density at radius 1 is 1.11 bits per heavy atom. The Morgan fingerprint density at radius 2 is 1.11 bits per heavy atom. The Morgan fingerprint density at radius 3 is 1.11 bits per heavy atom. The Hall–Kier alpha value is 1.30. The molecule has 0 aromatic rings. The largest absolute Gasteiger partial charge is 0.854 e. The first-order valence-electron chi connectivity index (χ1n) is 1.05. The van der Waals surface area contributed by atoms with Gasteiger partial charge in [0.05, 0.1) is 0 Å². The molecular formula is O6PPbS-5. The number of hydrogen-bond acceptors (Lipinski definition) is 6. The predicted molar refractivity (Wildman–Crippen MR) is 22.4 cm³/mol. The van der Waals surface area contributed by atoms with Gasteiger partial charge in [-0.05, 0) is 0 Å². The smallest absolute Gasteiger partial charge is 0 e. The molecular weight excluding hydrogens is 366 g/mol. The van der Waals surface area contributed by atoms with Crippen molar-refractivity contribution in [2.75, 3.05) is 0 Å². The van der Waals surface area contributed by atoms with E-state index in [1.165, 1.54) is 0 Å². The first-order chi connectivity index (χ1) is 3.46. The van der Waals surface area contributed by atoms with Gasteiger partial charge in [0.25, 0.3) is 0 Å². The van der Waals surface area contributed by atoms with E-state index < -0.39 is 20.0 Å². The van der Waals surface area contributed by atoms with Gasteiger partial charge in [0.15, 0.2) is 0 Å². The predicted octanol–water partition coefficient (Wildman–Crippen LogP) is -4.09. The van der Waals surface area contributed by atoms with Crippen LogP contribution in [0.2, 0.25) is 0 Å². The van der Waals surface area contributed by atoms with Gasteiger partial charge in [0.2, 0.25) is 0 Å². The first-order valence-corrected chi connectivity index (χ1v) is 3.14. The summed E-state index contributed by atoms with van der Waals surface area (Å²) in [6.07, 6.45) is 0. The van der Waals surface area contributed by atoms with Gasteiger partial charge in [-0.15, -0.1) is 11.4 Å². The third kappa shape index (κ3) is 293. The van der Waals surface area contributed by atoms with Gasteiger partial charge in [-0.25, -0.2) is 0 Å². The first kappa shape index (κ1) is 16.7. The van der Waals surface area contributed by atoms with Gasteiger partial charge in [0.1, 0.15) is 0 Å². The molecule has 0 aliphatic rings. The molecule has 6 nitrogen and oxygen atoms in total. The molecule has 9 heavy (non-hydrogen) atoms. The Labute approximate surface area is 75.2 Å². The van der Waals surface area contributed by atoms with Crippen molar-refractivity contribution in [2.24, 2.45) is 0 Å². The maximum atomic E-state index is 8.48. The fourth-order valence-electron chi connectivity index (χ4n) is 0. The zero-order chi connectivity index (χ0) is 7.15. The topological polar surface area (TPSA) is 132 Å². The van der Waals surface area contributed by atoms with Gasteiger partial charge in [-0.1, -0.05) is 0 Å². The molecule has 4 radical (unpaired) electrons. The van der Waals surface area contributed by atoms with E-state index in [2.05, 4.69) is 0 Å². The van der Waals surface area contributed by atoms with Gasteiger partial charge in [0, 0.05) is 27.3 Å². The van der Waals surface area contributed by atoms with Crippen molar-refractivity contribution in [3.8, 4) is 0 Å². The molecule has 0 unspecified atom stereocenters. The van der Waals surface area contributed by atoms with Crippen molar-refractivity contribution in [1.82, 2.24) is 0 Å². The van der Waals surface area contributed by atoms with E-state index in [1.54, 1.807) is 0 Å². The molecule has 56 valence electrons. The van der Waals surface area contributed by atoms with E-state index in [4.69, 9.17) is 28.0 Å². The van der Waals surface area contributed by atoms with E-state index in [0.29, 0.717) is 0 Å². The summed E-state index contributed by atoms with van der Waals surface area (Å²) in [6.45, 7) is 0. The maximum Gasteiger partial charge on any atom is 0 e. The van der Waals surface area contributed by atoms with Crippen molar-refractivity contribution in [3.63, 3.8) is 0 Å². The summed E-state index contributed by atoms with van der Waals surface area (Å²) in [5.41, 5.74) is 0. The average molecular weight is 366 g/mol. The molecule has 0 aromatic carbocycles. The molecule has 0 rings (SSSR count). The summed E-state index contributed by atoms with van der Waals surface area (Å²) >= 11 is -3.11. The van der Waals surface area contributed by atoms with Crippen LogP contribution in [0.4, 0.5) is 0 Å². The monoisotopic (exact) mass is 367 g/mol. The summed E-state index contributed by atoms with van der Waals surface area (Å²) in [5.74, 6) is 0. The molecule has 0 spiro atoms. The molecule has 0 aromatic heterocycles. The zero-order valence-corrected chi connectivity index (χ0v) is 9.40. The molecule has 0 fully saturated rings. The van der Waals surface area contributed by atoms with Crippen LogP contribution in [-0.2, 0) is 11.4 Å². The Bertz CT molecular complexity index is 57.3. The summed E-state index contributed by atoms with van der Waals surface area (Å²) in [5, 5.41) is 0. The van der Waals surface area contributed by atoms with Crippen molar-refractivity contribution in [2.45, 2.75) is 0 Å². The van der Waals surface area contributed by atoms with Gasteiger partial charge in [-0.2, -0.15) is 0 Å². The second-order valence-corrected chi connectivity index (χ2v) is 1.28. The van der Waals surface area contributed by atoms with Crippen LogP contribution in [0.1, 0.15) is 0 Å². The maximum absolute atomic E-state index is 8.48. The summed E-state index contributed by atoms with van der Waals surface area (Å²) in [4.78, 5) is 25.4. The van der Waals surface area contributed by atoms with Crippen LogP contribution in [-0.4, -0.2) is 40.6 Å². The fourth-order valence-corrected chi connectivity index (χ4v) is 0. The summed E-state index contributed by atoms with van der Waals surface area (Å²) < 4.78 is 25.3. The SMILES string of the molecule is O=S([O-])[O-].[O-]P([O-])[O-].[Pb]. The second-order valence-electron chi connectivity index (χ2n) is 0.428. The standard InChI is InChI=1S/O3P.H2O3S.Pb/c2*1-4(2)3;/h;(H2,1,2,3);/q-3;;/p-2.